The molecule has 1 N–H and O–H groups in total. The number of ether oxygens (including phenoxy) is 4. The standard InChI is InChI=1S/C26H35ClO9/c1-12-8-10-18(33-15(4)28)25(7)19(34-16(5)29)11-9-13(2)21(27)23-26(32,14(3)24(31)36-23)22(20(12)25)35-17(6)30/h14,18-23,32H,1-2,8-11H2,3-7H3/t14-,18-,19-,20+,21-,22+,23-,25+,26+/m0/s1. The summed E-state index contributed by atoms with van der Waals surface area (Å²) < 4.78 is 22.9. The van der Waals surface area contributed by atoms with Crippen LogP contribution in [0.25, 0.3) is 0 Å². The second-order valence-corrected chi connectivity index (χ2v) is 10.8. The molecule has 36 heavy (non-hydrogen) atoms. The zero-order chi connectivity index (χ0) is 27.2. The van der Waals surface area contributed by atoms with Crippen LogP contribution in [-0.4, -0.2) is 64.4 Å². The molecule has 1 heterocycles. The Kier molecular flexibility index (Phi) is 7.96. The van der Waals surface area contributed by atoms with Crippen molar-refractivity contribution in [3.05, 3.63) is 24.3 Å². The number of halogens is 1. The van der Waals surface area contributed by atoms with Crippen molar-refractivity contribution in [1.82, 2.24) is 0 Å². The average Bonchev–Trinajstić information content (AvgIpc) is 3.00. The van der Waals surface area contributed by atoms with E-state index in [9.17, 15) is 24.3 Å². The molecule has 0 amide bonds. The van der Waals surface area contributed by atoms with Crippen LogP contribution in [0.1, 0.15) is 60.3 Å². The van der Waals surface area contributed by atoms with Crippen molar-refractivity contribution in [2.75, 3.05) is 0 Å². The number of fused-ring (bicyclic) bond motifs is 2. The van der Waals surface area contributed by atoms with Gasteiger partial charge in [-0.1, -0.05) is 31.2 Å². The minimum Gasteiger partial charge on any atom is -0.462 e. The van der Waals surface area contributed by atoms with Crippen LogP contribution in [-0.2, 0) is 38.1 Å². The van der Waals surface area contributed by atoms with E-state index >= 15 is 0 Å². The Labute approximate surface area is 216 Å². The van der Waals surface area contributed by atoms with Gasteiger partial charge in [0, 0.05) is 26.7 Å². The molecule has 0 aromatic rings. The largest absolute Gasteiger partial charge is 0.462 e. The van der Waals surface area contributed by atoms with Crippen LogP contribution < -0.4 is 0 Å². The van der Waals surface area contributed by atoms with Crippen LogP contribution in [0.4, 0.5) is 0 Å². The fraction of sp³-hybridized carbons (Fsp3) is 0.692. The molecular formula is C26H35ClO9. The van der Waals surface area contributed by atoms with Crippen LogP contribution in [0.15, 0.2) is 24.3 Å². The van der Waals surface area contributed by atoms with Gasteiger partial charge in [-0.2, -0.15) is 0 Å². The van der Waals surface area contributed by atoms with E-state index in [-0.39, 0.29) is 12.8 Å². The van der Waals surface area contributed by atoms with Crippen LogP contribution in [0.2, 0.25) is 0 Å². The van der Waals surface area contributed by atoms with Crippen molar-refractivity contribution in [1.29, 1.82) is 0 Å². The maximum Gasteiger partial charge on any atom is 0.312 e. The molecule has 1 aliphatic heterocycles. The molecule has 0 bridgehead atoms. The molecule has 1 saturated heterocycles. The van der Waals surface area contributed by atoms with E-state index in [1.165, 1.54) is 27.7 Å². The molecule has 9 atom stereocenters. The normalized spacial score (nSPS) is 40.9. The van der Waals surface area contributed by atoms with E-state index in [0.29, 0.717) is 24.0 Å². The Morgan fingerprint density at radius 2 is 1.44 bits per heavy atom. The summed E-state index contributed by atoms with van der Waals surface area (Å²) in [5.74, 6) is -4.52. The monoisotopic (exact) mass is 526 g/mol. The van der Waals surface area contributed by atoms with Crippen molar-refractivity contribution >= 4 is 35.5 Å². The van der Waals surface area contributed by atoms with E-state index in [4.69, 9.17) is 30.5 Å². The Hall–Kier alpha value is -2.39. The topological polar surface area (TPSA) is 125 Å². The first-order chi connectivity index (χ1) is 16.6. The summed E-state index contributed by atoms with van der Waals surface area (Å²) in [6.45, 7) is 15.2. The molecule has 3 aliphatic rings. The second kappa shape index (κ2) is 10.2. The van der Waals surface area contributed by atoms with E-state index in [1.807, 2.05) is 0 Å². The number of hydrogen-bond donors (Lipinski definition) is 1. The highest BCUT2D eigenvalue weighted by Crippen LogP contribution is 2.57. The van der Waals surface area contributed by atoms with Crippen molar-refractivity contribution < 1.29 is 43.2 Å². The highest BCUT2D eigenvalue weighted by Gasteiger charge is 2.69. The van der Waals surface area contributed by atoms with Gasteiger partial charge in [0.25, 0.3) is 0 Å². The van der Waals surface area contributed by atoms with Crippen LogP contribution in [0.3, 0.4) is 0 Å². The summed E-state index contributed by atoms with van der Waals surface area (Å²) in [7, 11) is 0. The van der Waals surface area contributed by atoms with Gasteiger partial charge in [-0.15, -0.1) is 11.6 Å². The van der Waals surface area contributed by atoms with E-state index in [0.717, 1.165) is 0 Å². The lowest BCUT2D eigenvalue weighted by Crippen LogP contribution is -2.67. The van der Waals surface area contributed by atoms with Gasteiger partial charge >= 0.3 is 23.9 Å². The van der Waals surface area contributed by atoms with E-state index in [1.54, 1.807) is 6.92 Å². The van der Waals surface area contributed by atoms with E-state index < -0.39 is 76.5 Å². The van der Waals surface area contributed by atoms with Crippen LogP contribution in [0, 0.1) is 17.3 Å². The molecular weight excluding hydrogens is 492 g/mol. The Morgan fingerprint density at radius 1 is 0.972 bits per heavy atom. The zero-order valence-corrected chi connectivity index (χ0v) is 22.1. The van der Waals surface area contributed by atoms with Gasteiger partial charge in [0.15, 0.2) is 11.7 Å². The maximum atomic E-state index is 12.8. The average molecular weight is 527 g/mol. The number of rotatable bonds is 3. The molecule has 0 radical (unpaired) electrons. The molecule has 9 nitrogen and oxygen atoms in total. The third-order valence-electron chi connectivity index (χ3n) is 8.02. The highest BCUT2D eigenvalue weighted by molar-refractivity contribution is 6.23. The van der Waals surface area contributed by atoms with Crippen molar-refractivity contribution in [3.8, 4) is 0 Å². The van der Waals surface area contributed by atoms with Crippen LogP contribution in [0.5, 0.6) is 0 Å². The van der Waals surface area contributed by atoms with Gasteiger partial charge in [0.05, 0.1) is 16.7 Å². The SMILES string of the molecule is C=C1CC[C@H](OC(C)=O)[C@]2(C)[C@@H](OC(C)=O)CCC(=C)[C@H](Cl)[C@@H]3OC(=O)[C@H](C)[C@@]3(O)[C@H](OC(C)=O)[C@@H]12. The fourth-order valence-corrected chi connectivity index (χ4v) is 6.55. The summed E-state index contributed by atoms with van der Waals surface area (Å²) in [5, 5.41) is 11.3. The molecule has 2 aliphatic carbocycles. The van der Waals surface area contributed by atoms with E-state index in [2.05, 4.69) is 13.2 Å². The summed E-state index contributed by atoms with van der Waals surface area (Å²) >= 11 is 6.71. The first-order valence-corrected chi connectivity index (χ1v) is 12.5. The molecule has 0 aromatic heterocycles. The number of aliphatic hydroxyl groups is 1. The van der Waals surface area contributed by atoms with Gasteiger partial charge in [0.1, 0.15) is 18.3 Å². The third kappa shape index (κ3) is 4.67. The van der Waals surface area contributed by atoms with Crippen molar-refractivity contribution in [2.45, 2.75) is 95.7 Å². The molecule has 200 valence electrons. The predicted molar refractivity (Wildman–Crippen MR) is 129 cm³/mol. The zero-order valence-electron chi connectivity index (χ0n) is 21.4. The maximum absolute atomic E-state index is 12.8. The number of carbonyl (C=O) groups is 4. The Balaban J connectivity index is 2.34. The van der Waals surface area contributed by atoms with Crippen LogP contribution >= 0.6 is 11.6 Å². The summed E-state index contributed by atoms with van der Waals surface area (Å²) in [5.41, 5.74) is -2.24. The minimum absolute atomic E-state index is 0.251. The molecule has 10 heteroatoms. The van der Waals surface area contributed by atoms with Gasteiger partial charge in [-0.3, -0.25) is 19.2 Å². The number of alkyl halides is 1. The molecule has 2 saturated carbocycles. The van der Waals surface area contributed by atoms with Crippen molar-refractivity contribution in [2.24, 2.45) is 17.3 Å². The lowest BCUT2D eigenvalue weighted by Gasteiger charge is -2.56. The smallest absolute Gasteiger partial charge is 0.312 e. The van der Waals surface area contributed by atoms with Gasteiger partial charge in [-0.25, -0.2) is 0 Å². The summed E-state index contributed by atoms with van der Waals surface area (Å²) in [6, 6.07) is 0. The molecule has 3 fully saturated rings. The molecule has 3 rings (SSSR count). The molecule has 0 unspecified atom stereocenters. The summed E-state index contributed by atoms with van der Waals surface area (Å²) in [6.07, 6.45) is -3.01. The number of carbonyl (C=O) groups excluding carboxylic acids is 4. The molecule has 0 aromatic carbocycles. The molecule has 0 spiro atoms. The Bertz CT molecular complexity index is 976. The van der Waals surface area contributed by atoms with Gasteiger partial charge < -0.3 is 24.1 Å². The highest BCUT2D eigenvalue weighted by atomic mass is 35.5. The quantitative estimate of drug-likeness (QED) is 0.255. The first kappa shape index (κ1) is 28.2. The second-order valence-electron chi connectivity index (χ2n) is 10.3. The lowest BCUT2D eigenvalue weighted by molar-refractivity contribution is -0.222. The lowest BCUT2D eigenvalue weighted by atomic mass is 9.54. The van der Waals surface area contributed by atoms with Crippen molar-refractivity contribution in [3.63, 3.8) is 0 Å². The minimum atomic E-state index is -2.08. The fourth-order valence-electron chi connectivity index (χ4n) is 6.19. The number of esters is 4. The van der Waals surface area contributed by atoms with Gasteiger partial charge in [0.2, 0.25) is 0 Å². The summed E-state index contributed by atoms with van der Waals surface area (Å²) in [4.78, 5) is 49.6. The number of hydrogen-bond acceptors (Lipinski definition) is 9. The third-order valence-corrected chi connectivity index (χ3v) is 8.56. The first-order valence-electron chi connectivity index (χ1n) is 12.1. The Morgan fingerprint density at radius 3 is 1.92 bits per heavy atom. The predicted octanol–water partition coefficient (Wildman–Crippen LogP) is 3.00. The van der Waals surface area contributed by atoms with Gasteiger partial charge in [-0.05, 0) is 32.6 Å².